The average Bonchev–Trinajstić information content (AvgIpc) is 2.90. The Kier molecular flexibility index (Phi) is 13.3. The Morgan fingerprint density at radius 1 is 0.543 bits per heavy atom. The number of hydrogen-bond donors (Lipinski definition) is 0. The van der Waals surface area contributed by atoms with E-state index in [1.54, 1.807) is 0 Å². The van der Waals surface area contributed by atoms with Crippen molar-refractivity contribution in [2.45, 2.75) is 110 Å². The number of ether oxygens (including phenoxy) is 1. The summed E-state index contributed by atoms with van der Waals surface area (Å²) in [6.45, 7) is 3.11. The number of pyridine rings is 1. The normalized spacial score (nSPS) is 11.2. The highest BCUT2D eigenvalue weighted by Gasteiger charge is 2.07. The van der Waals surface area contributed by atoms with Crippen LogP contribution in [0.1, 0.15) is 110 Å². The highest BCUT2D eigenvalue weighted by atomic mass is 16.5. The van der Waals surface area contributed by atoms with Crippen molar-refractivity contribution in [2.24, 2.45) is 0 Å². The number of fused-ring (bicyclic) bond motifs is 1. The maximum Gasteiger partial charge on any atom is 0.210 e. The smallest absolute Gasteiger partial charge is 0.210 e. The highest BCUT2D eigenvalue weighted by Crippen LogP contribution is 2.16. The fraction of sp³-hybridized carbons (Fsp3) is 0.545. The van der Waals surface area contributed by atoms with Gasteiger partial charge in [0, 0.05) is 23.6 Å². The van der Waals surface area contributed by atoms with Gasteiger partial charge in [-0.15, -0.1) is 0 Å². The first-order chi connectivity index (χ1) is 17.4. The van der Waals surface area contributed by atoms with Crippen molar-refractivity contribution in [2.75, 3.05) is 6.61 Å². The van der Waals surface area contributed by atoms with Gasteiger partial charge in [0.15, 0.2) is 12.4 Å². The molecule has 0 atom stereocenters. The average molecular weight is 475 g/mol. The first-order valence-electron chi connectivity index (χ1n) is 14.5. The topological polar surface area (TPSA) is 13.1 Å². The van der Waals surface area contributed by atoms with Crippen molar-refractivity contribution >= 4 is 10.8 Å². The molecule has 0 aliphatic rings. The lowest BCUT2D eigenvalue weighted by Crippen LogP contribution is -2.29. The van der Waals surface area contributed by atoms with Crippen LogP contribution in [0.5, 0.6) is 5.75 Å². The molecule has 2 nitrogen and oxygen atoms in total. The van der Waals surface area contributed by atoms with E-state index in [-0.39, 0.29) is 0 Å². The van der Waals surface area contributed by atoms with Crippen molar-refractivity contribution in [3.63, 3.8) is 0 Å². The van der Waals surface area contributed by atoms with Crippen LogP contribution in [0.3, 0.4) is 0 Å². The van der Waals surface area contributed by atoms with Gasteiger partial charge < -0.3 is 4.74 Å². The third-order valence-electron chi connectivity index (χ3n) is 7.09. The molecule has 0 saturated carbocycles. The highest BCUT2D eigenvalue weighted by molar-refractivity contribution is 5.80. The third-order valence-corrected chi connectivity index (χ3v) is 7.09. The van der Waals surface area contributed by atoms with Crippen LogP contribution in [0, 0.1) is 0 Å². The molecule has 35 heavy (non-hydrogen) atoms. The van der Waals surface area contributed by atoms with Crippen molar-refractivity contribution in [1.82, 2.24) is 0 Å². The second kappa shape index (κ2) is 17.1. The quantitative estimate of drug-likeness (QED) is 0.124. The Labute approximate surface area is 214 Å². The summed E-state index contributed by atoms with van der Waals surface area (Å²) < 4.78 is 8.15. The minimum atomic E-state index is 0.820. The summed E-state index contributed by atoms with van der Waals surface area (Å²) in [5, 5.41) is 2.52. The van der Waals surface area contributed by atoms with Crippen molar-refractivity contribution < 1.29 is 9.30 Å². The number of nitrogens with zero attached hydrogens (tertiary/aromatic N) is 1. The van der Waals surface area contributed by atoms with Crippen molar-refractivity contribution in [3.8, 4) is 11.4 Å². The standard InChI is InChI=1S/C33H48NO/c1-2-3-4-5-6-7-8-9-10-11-12-13-14-15-16-19-28-35-33-24-22-32(23-25-33)34-27-26-30-20-17-18-21-31(30)29-34/h17-18,20-27,29H,2-16,19,28H2,1H3/q+1. The number of unbranched alkanes of at least 4 members (excludes halogenated alkanes) is 15. The Balaban J connectivity index is 1.16. The summed E-state index contributed by atoms with van der Waals surface area (Å²) in [7, 11) is 0. The van der Waals surface area contributed by atoms with Gasteiger partial charge in [0.25, 0.3) is 0 Å². The number of benzene rings is 2. The zero-order chi connectivity index (χ0) is 24.4. The molecule has 0 aliphatic carbocycles. The minimum Gasteiger partial charge on any atom is -0.494 e. The van der Waals surface area contributed by atoms with Crippen LogP contribution < -0.4 is 9.30 Å². The minimum absolute atomic E-state index is 0.820. The molecular weight excluding hydrogens is 426 g/mol. The van der Waals surface area contributed by atoms with Crippen LogP contribution in [0.4, 0.5) is 0 Å². The van der Waals surface area contributed by atoms with Gasteiger partial charge in [-0.1, -0.05) is 121 Å². The summed E-state index contributed by atoms with van der Waals surface area (Å²) in [6, 6.07) is 19.1. The van der Waals surface area contributed by atoms with Gasteiger partial charge in [0.1, 0.15) is 5.75 Å². The zero-order valence-electron chi connectivity index (χ0n) is 22.2. The van der Waals surface area contributed by atoms with Gasteiger partial charge >= 0.3 is 0 Å². The summed E-state index contributed by atoms with van der Waals surface area (Å²) in [5.74, 6) is 0.969. The first kappa shape index (κ1) is 27.2. The SMILES string of the molecule is CCCCCCCCCCCCCCCCCCOc1ccc(-[n+]2ccc3ccccc3c2)cc1. The molecule has 0 fully saturated rings. The molecule has 190 valence electrons. The van der Waals surface area contributed by atoms with E-state index in [1.165, 1.54) is 107 Å². The molecule has 0 bridgehead atoms. The first-order valence-corrected chi connectivity index (χ1v) is 14.5. The van der Waals surface area contributed by atoms with Crippen LogP contribution in [-0.4, -0.2) is 6.61 Å². The predicted molar refractivity (Wildman–Crippen MR) is 151 cm³/mol. The van der Waals surface area contributed by atoms with E-state index in [9.17, 15) is 0 Å². The van der Waals surface area contributed by atoms with Gasteiger partial charge in [0.05, 0.1) is 6.61 Å². The van der Waals surface area contributed by atoms with Gasteiger partial charge in [-0.2, -0.15) is 4.57 Å². The molecule has 1 heterocycles. The van der Waals surface area contributed by atoms with Crippen LogP contribution in [0.15, 0.2) is 67.0 Å². The lowest BCUT2D eigenvalue weighted by atomic mass is 10.0. The molecule has 0 aliphatic heterocycles. The molecule has 0 unspecified atom stereocenters. The molecular formula is C33H48NO+. The second-order valence-corrected chi connectivity index (χ2v) is 10.1. The monoisotopic (exact) mass is 474 g/mol. The van der Waals surface area contributed by atoms with Crippen LogP contribution in [-0.2, 0) is 0 Å². The van der Waals surface area contributed by atoms with Gasteiger partial charge in [0.2, 0.25) is 5.69 Å². The van der Waals surface area contributed by atoms with Crippen molar-refractivity contribution in [1.29, 1.82) is 0 Å². The fourth-order valence-corrected chi connectivity index (χ4v) is 4.85. The number of hydrogen-bond acceptors (Lipinski definition) is 1. The predicted octanol–water partition coefficient (Wildman–Crippen LogP) is 9.76. The molecule has 0 spiro atoms. The molecule has 2 aromatic carbocycles. The molecule has 1 aromatic heterocycles. The molecule has 0 N–H and O–H groups in total. The molecule has 0 radical (unpaired) electrons. The van der Waals surface area contributed by atoms with E-state index < -0.39 is 0 Å². The largest absolute Gasteiger partial charge is 0.494 e. The van der Waals surface area contributed by atoms with E-state index in [1.807, 2.05) is 0 Å². The third kappa shape index (κ3) is 10.8. The van der Waals surface area contributed by atoms with Crippen LogP contribution in [0.25, 0.3) is 16.5 Å². The van der Waals surface area contributed by atoms with E-state index in [0.29, 0.717) is 0 Å². The van der Waals surface area contributed by atoms with Gasteiger partial charge in [-0.05, 0) is 30.0 Å². The number of aromatic nitrogens is 1. The Morgan fingerprint density at radius 2 is 1.06 bits per heavy atom. The lowest BCUT2D eigenvalue weighted by Gasteiger charge is -2.06. The zero-order valence-corrected chi connectivity index (χ0v) is 22.2. The number of rotatable bonds is 19. The second-order valence-electron chi connectivity index (χ2n) is 10.1. The summed E-state index contributed by atoms with van der Waals surface area (Å²) in [4.78, 5) is 0. The van der Waals surface area contributed by atoms with E-state index in [2.05, 4.69) is 78.5 Å². The summed E-state index contributed by atoms with van der Waals surface area (Å²) in [6.07, 6.45) is 26.7. The van der Waals surface area contributed by atoms with Crippen LogP contribution >= 0.6 is 0 Å². The molecule has 0 saturated heterocycles. The van der Waals surface area contributed by atoms with Crippen LogP contribution in [0.2, 0.25) is 0 Å². The molecule has 2 heteroatoms. The van der Waals surface area contributed by atoms with Gasteiger partial charge in [-0.25, -0.2) is 0 Å². The Morgan fingerprint density at radius 3 is 1.63 bits per heavy atom. The van der Waals surface area contributed by atoms with E-state index >= 15 is 0 Å². The van der Waals surface area contributed by atoms with Gasteiger partial charge in [-0.3, -0.25) is 0 Å². The maximum absolute atomic E-state index is 5.98. The Bertz CT molecular complexity index is 933. The lowest BCUT2D eigenvalue weighted by molar-refractivity contribution is -0.594. The molecule has 3 rings (SSSR count). The maximum atomic E-state index is 5.98. The molecule has 3 aromatic rings. The fourth-order valence-electron chi connectivity index (χ4n) is 4.85. The van der Waals surface area contributed by atoms with E-state index in [0.717, 1.165) is 24.5 Å². The summed E-state index contributed by atoms with van der Waals surface area (Å²) >= 11 is 0. The van der Waals surface area contributed by atoms with E-state index in [4.69, 9.17) is 4.74 Å². The Hall–Kier alpha value is -2.35. The van der Waals surface area contributed by atoms with Crippen molar-refractivity contribution in [3.05, 3.63) is 67.0 Å². The molecule has 0 amide bonds. The summed E-state index contributed by atoms with van der Waals surface area (Å²) in [5.41, 5.74) is 1.16.